The Hall–Kier alpha value is -3.36. The summed E-state index contributed by atoms with van der Waals surface area (Å²) in [5.74, 6) is -0.826. The molecule has 0 aliphatic rings. The van der Waals surface area contributed by atoms with Gasteiger partial charge in [-0.3, -0.25) is 13.9 Å². The standard InChI is InChI=1S/C27H30ClN3O4S/c1-4-29-27(33)21(3)30(18-22-11-7-5-8-12-22)26(32)19-31(25-16-15-23(28)17-20(25)2)36(34,35)24-13-9-6-10-14-24/h5-17,21H,4,18-19H2,1-3H3,(H,29,33). The molecule has 1 N–H and O–H groups in total. The van der Waals surface area contributed by atoms with Crippen LogP contribution in [0.25, 0.3) is 0 Å². The van der Waals surface area contributed by atoms with Gasteiger partial charge in [-0.2, -0.15) is 0 Å². The molecule has 0 saturated carbocycles. The van der Waals surface area contributed by atoms with Gasteiger partial charge in [-0.15, -0.1) is 0 Å². The van der Waals surface area contributed by atoms with Gasteiger partial charge in [-0.25, -0.2) is 8.42 Å². The summed E-state index contributed by atoms with van der Waals surface area (Å²) < 4.78 is 28.6. The summed E-state index contributed by atoms with van der Waals surface area (Å²) in [4.78, 5) is 27.9. The summed E-state index contributed by atoms with van der Waals surface area (Å²) in [5, 5.41) is 3.20. The molecule has 36 heavy (non-hydrogen) atoms. The maximum absolute atomic E-state index is 13.8. The van der Waals surface area contributed by atoms with Gasteiger partial charge < -0.3 is 10.2 Å². The molecular weight excluding hydrogens is 498 g/mol. The topological polar surface area (TPSA) is 86.8 Å². The zero-order chi connectivity index (χ0) is 26.3. The third-order valence-corrected chi connectivity index (χ3v) is 7.76. The Morgan fingerprint density at radius 1 is 0.972 bits per heavy atom. The summed E-state index contributed by atoms with van der Waals surface area (Å²) in [6.07, 6.45) is 0. The van der Waals surface area contributed by atoms with E-state index in [4.69, 9.17) is 11.6 Å². The fraction of sp³-hybridized carbons (Fsp3) is 0.259. The van der Waals surface area contributed by atoms with E-state index in [1.54, 1.807) is 57.2 Å². The average Bonchev–Trinajstić information content (AvgIpc) is 2.87. The smallest absolute Gasteiger partial charge is 0.264 e. The third-order valence-electron chi connectivity index (χ3n) is 5.75. The van der Waals surface area contributed by atoms with Crippen molar-refractivity contribution >= 4 is 39.1 Å². The van der Waals surface area contributed by atoms with Crippen molar-refractivity contribution in [2.75, 3.05) is 17.4 Å². The van der Waals surface area contributed by atoms with Gasteiger partial charge in [-0.1, -0.05) is 60.1 Å². The van der Waals surface area contributed by atoms with Crippen molar-refractivity contribution in [1.29, 1.82) is 0 Å². The number of sulfonamides is 1. The van der Waals surface area contributed by atoms with E-state index in [9.17, 15) is 18.0 Å². The molecule has 7 nitrogen and oxygen atoms in total. The van der Waals surface area contributed by atoms with Crippen LogP contribution in [0.3, 0.4) is 0 Å². The molecular formula is C27H30ClN3O4S. The highest BCUT2D eigenvalue weighted by molar-refractivity contribution is 7.92. The van der Waals surface area contributed by atoms with Crippen molar-refractivity contribution in [3.8, 4) is 0 Å². The molecule has 9 heteroatoms. The lowest BCUT2D eigenvalue weighted by Gasteiger charge is -2.32. The summed E-state index contributed by atoms with van der Waals surface area (Å²) in [6.45, 7) is 5.24. The molecule has 2 amide bonds. The molecule has 0 radical (unpaired) electrons. The lowest BCUT2D eigenvalue weighted by molar-refractivity contribution is -0.139. The quantitative estimate of drug-likeness (QED) is 0.423. The number of likely N-dealkylation sites (N-methyl/N-ethyl adjacent to an activating group) is 1. The first-order valence-electron chi connectivity index (χ1n) is 11.6. The second-order valence-electron chi connectivity index (χ2n) is 8.33. The monoisotopic (exact) mass is 527 g/mol. The maximum Gasteiger partial charge on any atom is 0.264 e. The highest BCUT2D eigenvalue weighted by Gasteiger charge is 2.33. The van der Waals surface area contributed by atoms with Gasteiger partial charge in [-0.05, 0) is 62.2 Å². The minimum Gasteiger partial charge on any atom is -0.355 e. The number of amides is 2. The zero-order valence-corrected chi connectivity index (χ0v) is 22.1. The molecule has 1 unspecified atom stereocenters. The zero-order valence-electron chi connectivity index (χ0n) is 20.5. The minimum atomic E-state index is -4.10. The van der Waals surface area contributed by atoms with Crippen LogP contribution >= 0.6 is 11.6 Å². The van der Waals surface area contributed by atoms with Crippen LogP contribution in [0.2, 0.25) is 5.02 Å². The van der Waals surface area contributed by atoms with Crippen molar-refractivity contribution in [3.63, 3.8) is 0 Å². The fourth-order valence-corrected chi connectivity index (χ4v) is 5.54. The number of anilines is 1. The van der Waals surface area contributed by atoms with Gasteiger partial charge >= 0.3 is 0 Å². The first-order chi connectivity index (χ1) is 17.1. The lowest BCUT2D eigenvalue weighted by atomic mass is 10.1. The number of benzene rings is 3. The van der Waals surface area contributed by atoms with Gasteiger partial charge in [0.1, 0.15) is 12.6 Å². The summed E-state index contributed by atoms with van der Waals surface area (Å²) in [5.41, 5.74) is 1.75. The Labute approximate surface area is 217 Å². The van der Waals surface area contributed by atoms with E-state index in [1.807, 2.05) is 30.3 Å². The Balaban J connectivity index is 2.04. The van der Waals surface area contributed by atoms with Crippen molar-refractivity contribution in [2.24, 2.45) is 0 Å². The molecule has 0 bridgehead atoms. The number of nitrogens with zero attached hydrogens (tertiary/aromatic N) is 2. The molecule has 190 valence electrons. The number of hydrogen-bond donors (Lipinski definition) is 1. The van der Waals surface area contributed by atoms with E-state index in [-0.39, 0.29) is 17.3 Å². The van der Waals surface area contributed by atoms with Crippen LogP contribution in [0.1, 0.15) is 25.0 Å². The van der Waals surface area contributed by atoms with Crippen LogP contribution < -0.4 is 9.62 Å². The normalized spacial score (nSPS) is 12.0. The highest BCUT2D eigenvalue weighted by atomic mass is 35.5. The van der Waals surface area contributed by atoms with Gasteiger partial charge in [0, 0.05) is 18.1 Å². The number of carbonyl (C=O) groups excluding carboxylic acids is 2. The maximum atomic E-state index is 13.8. The van der Waals surface area contributed by atoms with Crippen LogP contribution in [0, 0.1) is 6.92 Å². The Kier molecular flexibility index (Phi) is 9.12. The number of halogens is 1. The lowest BCUT2D eigenvalue weighted by Crippen LogP contribution is -2.51. The van der Waals surface area contributed by atoms with Crippen molar-refractivity contribution in [3.05, 3.63) is 95.0 Å². The van der Waals surface area contributed by atoms with E-state index < -0.39 is 28.5 Å². The van der Waals surface area contributed by atoms with E-state index in [0.29, 0.717) is 22.8 Å². The van der Waals surface area contributed by atoms with Gasteiger partial charge in [0.05, 0.1) is 10.6 Å². The summed E-state index contributed by atoms with van der Waals surface area (Å²) in [6, 6.07) is 21.2. The average molecular weight is 528 g/mol. The van der Waals surface area contributed by atoms with Crippen LogP contribution in [0.15, 0.2) is 83.8 Å². The molecule has 0 saturated heterocycles. The number of hydrogen-bond acceptors (Lipinski definition) is 4. The fourth-order valence-electron chi connectivity index (χ4n) is 3.82. The molecule has 0 fully saturated rings. The first kappa shape index (κ1) is 27.2. The van der Waals surface area contributed by atoms with Gasteiger partial charge in [0.15, 0.2) is 0 Å². The van der Waals surface area contributed by atoms with E-state index in [0.717, 1.165) is 9.87 Å². The molecule has 0 aliphatic carbocycles. The summed E-state index contributed by atoms with van der Waals surface area (Å²) >= 11 is 6.12. The first-order valence-corrected chi connectivity index (χ1v) is 13.4. The van der Waals surface area contributed by atoms with Crippen LogP contribution in [0.4, 0.5) is 5.69 Å². The Morgan fingerprint density at radius 3 is 2.17 bits per heavy atom. The van der Waals surface area contributed by atoms with Crippen LogP contribution in [-0.4, -0.2) is 44.3 Å². The molecule has 3 rings (SSSR count). The Bertz CT molecular complexity index is 1300. The van der Waals surface area contributed by atoms with E-state index in [1.165, 1.54) is 17.0 Å². The molecule has 0 spiro atoms. The minimum absolute atomic E-state index is 0.0542. The van der Waals surface area contributed by atoms with Crippen LogP contribution in [-0.2, 0) is 26.2 Å². The molecule has 0 heterocycles. The van der Waals surface area contributed by atoms with Crippen molar-refractivity contribution < 1.29 is 18.0 Å². The number of carbonyl (C=O) groups is 2. The SMILES string of the molecule is CCNC(=O)C(C)N(Cc1ccccc1)C(=O)CN(c1ccc(Cl)cc1C)S(=O)(=O)c1ccccc1. The number of rotatable bonds is 10. The van der Waals surface area contributed by atoms with Crippen molar-refractivity contribution in [1.82, 2.24) is 10.2 Å². The molecule has 3 aromatic rings. The highest BCUT2D eigenvalue weighted by Crippen LogP contribution is 2.29. The van der Waals surface area contributed by atoms with Crippen LogP contribution in [0.5, 0.6) is 0 Å². The molecule has 3 aromatic carbocycles. The molecule has 1 atom stereocenters. The predicted molar refractivity (Wildman–Crippen MR) is 142 cm³/mol. The van der Waals surface area contributed by atoms with E-state index >= 15 is 0 Å². The predicted octanol–water partition coefficient (Wildman–Crippen LogP) is 4.40. The van der Waals surface area contributed by atoms with Gasteiger partial charge in [0.25, 0.3) is 10.0 Å². The van der Waals surface area contributed by atoms with Gasteiger partial charge in [0.2, 0.25) is 11.8 Å². The molecule has 0 aliphatic heterocycles. The number of nitrogens with one attached hydrogen (secondary N) is 1. The van der Waals surface area contributed by atoms with E-state index in [2.05, 4.69) is 5.32 Å². The second kappa shape index (κ2) is 12.1. The third kappa shape index (κ3) is 6.44. The Morgan fingerprint density at radius 2 is 1.58 bits per heavy atom. The largest absolute Gasteiger partial charge is 0.355 e. The second-order valence-corrected chi connectivity index (χ2v) is 10.6. The summed E-state index contributed by atoms with van der Waals surface area (Å²) in [7, 11) is -4.10. The number of aryl methyl sites for hydroxylation is 1. The molecule has 0 aromatic heterocycles. The van der Waals surface area contributed by atoms with Crippen molar-refractivity contribution in [2.45, 2.75) is 38.3 Å².